The number of rotatable bonds is 4. The number of fused-ring (bicyclic) bond motifs is 1. The van der Waals surface area contributed by atoms with Gasteiger partial charge in [-0.3, -0.25) is 19.1 Å². The lowest BCUT2D eigenvalue weighted by atomic mass is 10.0. The van der Waals surface area contributed by atoms with Gasteiger partial charge in [-0.15, -0.1) is 0 Å². The molecule has 0 saturated carbocycles. The number of carbonyl (C=O) groups excluding carboxylic acids is 1. The van der Waals surface area contributed by atoms with E-state index in [1.165, 1.54) is 4.57 Å². The van der Waals surface area contributed by atoms with Crippen LogP contribution < -0.4 is 10.9 Å². The van der Waals surface area contributed by atoms with Crippen molar-refractivity contribution in [2.45, 2.75) is 32.5 Å². The van der Waals surface area contributed by atoms with Crippen molar-refractivity contribution >= 4 is 5.91 Å². The molecule has 154 valence electrons. The molecule has 1 amide bonds. The highest BCUT2D eigenvalue weighted by molar-refractivity contribution is 5.94. The van der Waals surface area contributed by atoms with E-state index < -0.39 is 22.8 Å². The van der Waals surface area contributed by atoms with Crippen LogP contribution in [0.2, 0.25) is 0 Å². The first-order valence-electron chi connectivity index (χ1n) is 9.63. The van der Waals surface area contributed by atoms with Crippen LogP contribution in [0.4, 0.5) is 0 Å². The van der Waals surface area contributed by atoms with Crippen LogP contribution >= 0.6 is 0 Å². The van der Waals surface area contributed by atoms with Crippen LogP contribution in [0.15, 0.2) is 53.6 Å². The van der Waals surface area contributed by atoms with E-state index >= 15 is 0 Å². The van der Waals surface area contributed by atoms with Crippen LogP contribution in [0.5, 0.6) is 5.75 Å². The number of pyridine rings is 1. The second kappa shape index (κ2) is 7.72. The third kappa shape index (κ3) is 3.57. The number of amides is 1. The summed E-state index contributed by atoms with van der Waals surface area (Å²) in [5.74, 6) is -0.970. The van der Waals surface area contributed by atoms with Crippen LogP contribution in [0, 0.1) is 0 Å². The van der Waals surface area contributed by atoms with Gasteiger partial charge in [0, 0.05) is 24.5 Å². The lowest BCUT2D eigenvalue weighted by Crippen LogP contribution is -2.42. The van der Waals surface area contributed by atoms with E-state index in [-0.39, 0.29) is 18.8 Å². The minimum Gasteiger partial charge on any atom is -0.501 e. The van der Waals surface area contributed by atoms with Crippen molar-refractivity contribution in [3.05, 3.63) is 76.2 Å². The normalized spacial score (nSPS) is 14.7. The van der Waals surface area contributed by atoms with Crippen molar-refractivity contribution in [3.63, 3.8) is 0 Å². The van der Waals surface area contributed by atoms with Crippen LogP contribution in [0.1, 0.15) is 35.7 Å². The summed E-state index contributed by atoms with van der Waals surface area (Å²) in [5.41, 5.74) is 0.947. The molecule has 1 aromatic carbocycles. The van der Waals surface area contributed by atoms with Crippen LogP contribution in [0.3, 0.4) is 0 Å². The number of aromatic nitrogens is 3. The highest BCUT2D eigenvalue weighted by Crippen LogP contribution is 2.27. The fourth-order valence-corrected chi connectivity index (χ4v) is 3.56. The molecule has 2 N–H and O–H groups in total. The van der Waals surface area contributed by atoms with Crippen molar-refractivity contribution in [1.82, 2.24) is 19.9 Å². The van der Waals surface area contributed by atoms with Crippen LogP contribution in [0.25, 0.3) is 11.1 Å². The number of ether oxygens (including phenoxy) is 1. The molecule has 0 aliphatic carbocycles. The van der Waals surface area contributed by atoms with Gasteiger partial charge in [-0.2, -0.15) is 0 Å². The second-order valence-corrected chi connectivity index (χ2v) is 7.53. The Morgan fingerprint density at radius 2 is 2.07 bits per heavy atom. The molecule has 1 aliphatic heterocycles. The number of hydrogen-bond acceptors (Lipinski definition) is 6. The molecule has 2 aromatic heterocycles. The Morgan fingerprint density at radius 3 is 2.83 bits per heavy atom. The molecule has 0 fully saturated rings. The first kappa shape index (κ1) is 19.8. The number of carbonyl (C=O) groups is 1. The van der Waals surface area contributed by atoms with Gasteiger partial charge in [0.1, 0.15) is 11.4 Å². The van der Waals surface area contributed by atoms with E-state index in [1.807, 2.05) is 36.4 Å². The standard InChI is InChI=1S/C22H22N4O4/c1-22(2)21-25-17(18(27)20(29)26(21)10-11-30-22)19(28)24-13-15-6-3-4-8-16(15)14-7-5-9-23-12-14/h3-9,12,27H,10-11,13H2,1-2H3,(H,24,28). The summed E-state index contributed by atoms with van der Waals surface area (Å²) in [4.78, 5) is 33.8. The van der Waals surface area contributed by atoms with Crippen molar-refractivity contribution in [3.8, 4) is 16.9 Å². The molecule has 0 radical (unpaired) electrons. The van der Waals surface area contributed by atoms with E-state index in [1.54, 1.807) is 26.2 Å². The van der Waals surface area contributed by atoms with Crippen molar-refractivity contribution in [1.29, 1.82) is 0 Å². The Hall–Kier alpha value is -3.52. The van der Waals surface area contributed by atoms with Gasteiger partial charge in [-0.1, -0.05) is 30.3 Å². The maximum absolute atomic E-state index is 12.8. The quantitative estimate of drug-likeness (QED) is 0.688. The fourth-order valence-electron chi connectivity index (χ4n) is 3.56. The van der Waals surface area contributed by atoms with Crippen molar-refractivity contribution in [2.75, 3.05) is 6.61 Å². The summed E-state index contributed by atoms with van der Waals surface area (Å²) in [6.45, 7) is 4.35. The Labute approximate surface area is 173 Å². The van der Waals surface area contributed by atoms with Gasteiger partial charge in [0.2, 0.25) is 5.75 Å². The number of hydrogen-bond donors (Lipinski definition) is 2. The number of aromatic hydroxyl groups is 1. The summed E-state index contributed by atoms with van der Waals surface area (Å²) >= 11 is 0. The predicted octanol–water partition coefficient (Wildman–Crippen LogP) is 2.21. The fraction of sp³-hybridized carbons (Fsp3) is 0.273. The molecule has 3 heterocycles. The monoisotopic (exact) mass is 406 g/mol. The van der Waals surface area contributed by atoms with Gasteiger partial charge in [0.25, 0.3) is 11.5 Å². The van der Waals surface area contributed by atoms with Crippen molar-refractivity contribution < 1.29 is 14.6 Å². The lowest BCUT2D eigenvalue weighted by molar-refractivity contribution is -0.0566. The molecule has 0 spiro atoms. The topological polar surface area (TPSA) is 106 Å². The molecule has 30 heavy (non-hydrogen) atoms. The average Bonchev–Trinajstić information content (AvgIpc) is 2.75. The molecule has 8 heteroatoms. The third-order valence-corrected chi connectivity index (χ3v) is 5.11. The van der Waals surface area contributed by atoms with Gasteiger partial charge < -0.3 is 15.2 Å². The SMILES string of the molecule is CC1(C)OCCn2c1nc(C(=O)NCc1ccccc1-c1cccnc1)c(O)c2=O. The zero-order valence-electron chi connectivity index (χ0n) is 16.8. The van der Waals surface area contributed by atoms with Gasteiger partial charge >= 0.3 is 0 Å². The predicted molar refractivity (Wildman–Crippen MR) is 110 cm³/mol. The minimum atomic E-state index is -0.840. The maximum Gasteiger partial charge on any atom is 0.296 e. The molecule has 0 atom stereocenters. The Kier molecular flexibility index (Phi) is 5.09. The zero-order chi connectivity index (χ0) is 21.3. The first-order valence-corrected chi connectivity index (χ1v) is 9.63. The highest BCUT2D eigenvalue weighted by atomic mass is 16.5. The minimum absolute atomic E-state index is 0.198. The van der Waals surface area contributed by atoms with Gasteiger partial charge in [-0.05, 0) is 31.0 Å². The van der Waals surface area contributed by atoms with Gasteiger partial charge in [-0.25, -0.2) is 4.98 Å². The summed E-state index contributed by atoms with van der Waals surface area (Å²) in [5, 5.41) is 13.1. The van der Waals surface area contributed by atoms with E-state index in [2.05, 4.69) is 15.3 Å². The number of nitrogens with one attached hydrogen (secondary N) is 1. The van der Waals surface area contributed by atoms with Crippen LogP contribution in [-0.4, -0.2) is 32.2 Å². The summed E-state index contributed by atoms with van der Waals surface area (Å²) in [6, 6.07) is 11.4. The van der Waals surface area contributed by atoms with E-state index in [0.717, 1.165) is 16.7 Å². The Bertz CT molecular complexity index is 1160. The summed E-state index contributed by atoms with van der Waals surface area (Å²) < 4.78 is 7.03. The van der Waals surface area contributed by atoms with Crippen LogP contribution in [-0.2, 0) is 23.4 Å². The summed E-state index contributed by atoms with van der Waals surface area (Å²) in [6.07, 6.45) is 3.45. The molecule has 0 saturated heterocycles. The molecule has 3 aromatic rings. The van der Waals surface area contributed by atoms with E-state index in [9.17, 15) is 14.7 Å². The zero-order valence-corrected chi connectivity index (χ0v) is 16.8. The van der Waals surface area contributed by atoms with Crippen molar-refractivity contribution in [2.24, 2.45) is 0 Å². The molecular weight excluding hydrogens is 384 g/mol. The third-order valence-electron chi connectivity index (χ3n) is 5.11. The molecule has 8 nitrogen and oxygen atoms in total. The van der Waals surface area contributed by atoms with E-state index in [0.29, 0.717) is 12.4 Å². The highest BCUT2D eigenvalue weighted by Gasteiger charge is 2.34. The van der Waals surface area contributed by atoms with E-state index in [4.69, 9.17) is 4.74 Å². The Balaban J connectivity index is 1.62. The molecular formula is C22H22N4O4. The smallest absolute Gasteiger partial charge is 0.296 e. The second-order valence-electron chi connectivity index (χ2n) is 7.53. The van der Waals surface area contributed by atoms with Gasteiger partial charge in [0.05, 0.1) is 13.2 Å². The molecule has 1 aliphatic rings. The summed E-state index contributed by atoms with van der Waals surface area (Å²) in [7, 11) is 0. The Morgan fingerprint density at radius 1 is 1.27 bits per heavy atom. The maximum atomic E-state index is 12.8. The largest absolute Gasteiger partial charge is 0.501 e. The molecule has 0 unspecified atom stereocenters. The first-order chi connectivity index (χ1) is 14.4. The molecule has 0 bridgehead atoms. The average molecular weight is 406 g/mol. The lowest BCUT2D eigenvalue weighted by Gasteiger charge is -2.32. The van der Waals surface area contributed by atoms with Gasteiger partial charge in [0.15, 0.2) is 5.69 Å². The molecule has 4 rings (SSSR count). The number of nitrogens with zero attached hydrogens (tertiary/aromatic N) is 3. The number of benzene rings is 1.